The molecule has 0 spiro atoms. The predicted molar refractivity (Wildman–Crippen MR) is 60.1 cm³/mol. The van der Waals surface area contributed by atoms with E-state index >= 15 is 0 Å². The van der Waals surface area contributed by atoms with Crippen LogP contribution in [0, 0.1) is 6.92 Å². The van der Waals surface area contributed by atoms with E-state index in [1.165, 1.54) is 0 Å². The van der Waals surface area contributed by atoms with Crippen molar-refractivity contribution < 1.29 is 9.47 Å². The van der Waals surface area contributed by atoms with Crippen LogP contribution in [0.4, 0.5) is 5.69 Å². The summed E-state index contributed by atoms with van der Waals surface area (Å²) < 4.78 is 11.1. The summed E-state index contributed by atoms with van der Waals surface area (Å²) in [6, 6.07) is 5.89. The Morgan fingerprint density at radius 3 is 2.80 bits per heavy atom. The number of nitrogens with two attached hydrogens (primary N) is 1. The van der Waals surface area contributed by atoms with Crippen molar-refractivity contribution in [2.75, 3.05) is 18.9 Å². The first kappa shape index (κ1) is 10.3. The van der Waals surface area contributed by atoms with E-state index in [9.17, 15) is 0 Å². The van der Waals surface area contributed by atoms with Crippen LogP contribution in [0.2, 0.25) is 0 Å². The normalized spacial score (nSPS) is 17.7. The highest BCUT2D eigenvalue weighted by molar-refractivity contribution is 5.57. The maximum Gasteiger partial charge on any atom is 0.142 e. The zero-order chi connectivity index (χ0) is 10.7. The molecule has 0 atom stereocenters. The molecule has 3 heteroatoms. The molecule has 0 aromatic heterocycles. The van der Waals surface area contributed by atoms with Gasteiger partial charge in [-0.1, -0.05) is 12.1 Å². The molecule has 1 aromatic carbocycles. The lowest BCUT2D eigenvalue weighted by molar-refractivity contribution is 0.0258. The van der Waals surface area contributed by atoms with Crippen molar-refractivity contribution in [3.63, 3.8) is 0 Å². The van der Waals surface area contributed by atoms with Crippen LogP contribution in [0.25, 0.3) is 0 Å². The summed E-state index contributed by atoms with van der Waals surface area (Å²) in [4.78, 5) is 0. The van der Waals surface area contributed by atoms with E-state index in [0.717, 1.165) is 43.1 Å². The van der Waals surface area contributed by atoms with E-state index in [0.29, 0.717) is 0 Å². The van der Waals surface area contributed by atoms with Gasteiger partial charge in [-0.05, 0) is 18.6 Å². The van der Waals surface area contributed by atoms with E-state index in [1.807, 2.05) is 25.1 Å². The summed E-state index contributed by atoms with van der Waals surface area (Å²) in [6.45, 7) is 3.57. The minimum Gasteiger partial charge on any atom is -0.488 e. The third kappa shape index (κ3) is 2.42. The fourth-order valence-electron chi connectivity index (χ4n) is 1.73. The van der Waals surface area contributed by atoms with Gasteiger partial charge < -0.3 is 15.2 Å². The van der Waals surface area contributed by atoms with Gasteiger partial charge in [-0.2, -0.15) is 0 Å². The second-order valence-electron chi connectivity index (χ2n) is 3.92. The Bertz CT molecular complexity index is 332. The van der Waals surface area contributed by atoms with Crippen LogP contribution < -0.4 is 10.5 Å². The third-order valence-corrected chi connectivity index (χ3v) is 2.75. The topological polar surface area (TPSA) is 44.5 Å². The molecule has 1 aliphatic heterocycles. The Labute approximate surface area is 90.2 Å². The first-order chi connectivity index (χ1) is 7.27. The summed E-state index contributed by atoms with van der Waals surface area (Å²) >= 11 is 0. The third-order valence-electron chi connectivity index (χ3n) is 2.75. The summed E-state index contributed by atoms with van der Waals surface area (Å²) in [6.07, 6.45) is 2.16. The second kappa shape index (κ2) is 4.53. The molecule has 0 aliphatic carbocycles. The number of anilines is 1. The molecule has 1 aliphatic rings. The van der Waals surface area contributed by atoms with Gasteiger partial charge in [-0.3, -0.25) is 0 Å². The van der Waals surface area contributed by atoms with Crippen molar-refractivity contribution in [1.82, 2.24) is 0 Å². The molecule has 82 valence electrons. The van der Waals surface area contributed by atoms with Crippen molar-refractivity contribution in [2.24, 2.45) is 0 Å². The Morgan fingerprint density at radius 1 is 1.33 bits per heavy atom. The second-order valence-corrected chi connectivity index (χ2v) is 3.92. The quantitative estimate of drug-likeness (QED) is 0.755. The van der Waals surface area contributed by atoms with Gasteiger partial charge in [0.05, 0.1) is 18.9 Å². The minimum atomic E-state index is 0.253. The average molecular weight is 207 g/mol. The van der Waals surface area contributed by atoms with Crippen LogP contribution in [0.3, 0.4) is 0 Å². The summed E-state index contributed by atoms with van der Waals surface area (Å²) in [5.74, 6) is 0.807. The number of rotatable bonds is 2. The van der Waals surface area contributed by atoms with E-state index in [1.54, 1.807) is 0 Å². The fraction of sp³-hybridized carbons (Fsp3) is 0.500. The summed E-state index contributed by atoms with van der Waals surface area (Å²) in [5, 5.41) is 0. The van der Waals surface area contributed by atoms with Crippen molar-refractivity contribution in [3.05, 3.63) is 23.8 Å². The number of nitrogen functional groups attached to an aromatic ring is 1. The van der Waals surface area contributed by atoms with Crippen molar-refractivity contribution in [3.8, 4) is 5.75 Å². The van der Waals surface area contributed by atoms with E-state index < -0.39 is 0 Å². The standard InChI is InChI=1S/C12H17NO2/c1-9-3-2-4-11(12(9)13)15-10-5-7-14-8-6-10/h2-4,10H,5-8,13H2,1H3. The Kier molecular flexibility index (Phi) is 3.11. The fourth-order valence-corrected chi connectivity index (χ4v) is 1.73. The molecule has 0 saturated carbocycles. The van der Waals surface area contributed by atoms with Gasteiger partial charge in [0.2, 0.25) is 0 Å². The van der Waals surface area contributed by atoms with Crippen LogP contribution in [0.15, 0.2) is 18.2 Å². The molecular weight excluding hydrogens is 190 g/mol. The highest BCUT2D eigenvalue weighted by atomic mass is 16.5. The molecule has 0 unspecified atom stereocenters. The van der Waals surface area contributed by atoms with Crippen LogP contribution in [0.1, 0.15) is 18.4 Å². The molecule has 15 heavy (non-hydrogen) atoms. The average Bonchev–Trinajstić information content (AvgIpc) is 2.26. The van der Waals surface area contributed by atoms with Gasteiger partial charge in [-0.25, -0.2) is 0 Å². The van der Waals surface area contributed by atoms with Crippen LogP contribution in [0.5, 0.6) is 5.75 Å². The van der Waals surface area contributed by atoms with Gasteiger partial charge in [0, 0.05) is 12.8 Å². The predicted octanol–water partition coefficient (Wildman–Crippen LogP) is 2.14. The van der Waals surface area contributed by atoms with Crippen molar-refractivity contribution in [2.45, 2.75) is 25.9 Å². The molecule has 1 heterocycles. The monoisotopic (exact) mass is 207 g/mol. The van der Waals surface area contributed by atoms with Crippen LogP contribution >= 0.6 is 0 Å². The Hall–Kier alpha value is -1.22. The molecule has 0 bridgehead atoms. The van der Waals surface area contributed by atoms with Crippen LogP contribution in [-0.2, 0) is 4.74 Å². The smallest absolute Gasteiger partial charge is 0.142 e. The molecule has 3 nitrogen and oxygen atoms in total. The molecule has 1 saturated heterocycles. The highest BCUT2D eigenvalue weighted by Gasteiger charge is 2.16. The van der Waals surface area contributed by atoms with Gasteiger partial charge in [0.15, 0.2) is 0 Å². The van der Waals surface area contributed by atoms with Gasteiger partial charge in [0.25, 0.3) is 0 Å². The molecule has 1 aromatic rings. The molecule has 0 amide bonds. The largest absolute Gasteiger partial charge is 0.488 e. The molecular formula is C12H17NO2. The first-order valence-corrected chi connectivity index (χ1v) is 5.37. The zero-order valence-corrected chi connectivity index (χ0v) is 9.03. The van der Waals surface area contributed by atoms with Gasteiger partial charge >= 0.3 is 0 Å². The number of benzene rings is 1. The minimum absolute atomic E-state index is 0.253. The Morgan fingerprint density at radius 2 is 2.07 bits per heavy atom. The van der Waals surface area contributed by atoms with Crippen molar-refractivity contribution >= 4 is 5.69 Å². The summed E-state index contributed by atoms with van der Waals surface area (Å²) in [7, 11) is 0. The summed E-state index contributed by atoms with van der Waals surface area (Å²) in [5.41, 5.74) is 7.77. The first-order valence-electron chi connectivity index (χ1n) is 5.37. The van der Waals surface area contributed by atoms with E-state index in [4.69, 9.17) is 15.2 Å². The highest BCUT2D eigenvalue weighted by Crippen LogP contribution is 2.27. The number of aryl methyl sites for hydroxylation is 1. The maximum atomic E-state index is 5.94. The number of hydrogen-bond donors (Lipinski definition) is 1. The molecule has 2 N–H and O–H groups in total. The maximum absolute atomic E-state index is 5.94. The lowest BCUT2D eigenvalue weighted by Crippen LogP contribution is -2.26. The number of hydrogen-bond acceptors (Lipinski definition) is 3. The number of ether oxygens (including phenoxy) is 2. The SMILES string of the molecule is Cc1cccc(OC2CCOCC2)c1N. The molecule has 1 fully saturated rings. The lowest BCUT2D eigenvalue weighted by Gasteiger charge is -2.24. The van der Waals surface area contributed by atoms with Crippen molar-refractivity contribution in [1.29, 1.82) is 0 Å². The van der Waals surface area contributed by atoms with Gasteiger partial charge in [0.1, 0.15) is 11.9 Å². The van der Waals surface area contributed by atoms with Crippen LogP contribution in [-0.4, -0.2) is 19.3 Å². The molecule has 0 radical (unpaired) electrons. The number of para-hydroxylation sites is 1. The molecule has 2 rings (SSSR count). The Balaban J connectivity index is 2.06. The van der Waals surface area contributed by atoms with Gasteiger partial charge in [-0.15, -0.1) is 0 Å². The van der Waals surface area contributed by atoms with E-state index in [-0.39, 0.29) is 6.10 Å². The zero-order valence-electron chi connectivity index (χ0n) is 9.03. The lowest BCUT2D eigenvalue weighted by atomic mass is 10.1. The van der Waals surface area contributed by atoms with E-state index in [2.05, 4.69) is 0 Å².